The third-order valence-electron chi connectivity index (χ3n) is 2.99. The summed E-state index contributed by atoms with van der Waals surface area (Å²) in [6, 6.07) is 4.33. The van der Waals surface area contributed by atoms with Crippen LogP contribution < -0.4 is 10.5 Å². The molecule has 1 saturated carbocycles. The van der Waals surface area contributed by atoms with Crippen molar-refractivity contribution in [2.75, 3.05) is 6.61 Å². The number of nitrogens with two attached hydrogens (primary N) is 1. The number of rotatable bonds is 5. The van der Waals surface area contributed by atoms with Gasteiger partial charge in [0.1, 0.15) is 23.8 Å². The molecule has 0 bridgehead atoms. The molecule has 3 nitrogen and oxygen atoms in total. The Bertz CT molecular complexity index is 416. The monoisotopic (exact) mass is 273 g/mol. The Kier molecular flexibility index (Phi) is 4.43. The van der Waals surface area contributed by atoms with Crippen molar-refractivity contribution in [3.63, 3.8) is 0 Å². The van der Waals surface area contributed by atoms with Crippen molar-refractivity contribution in [2.24, 2.45) is 5.73 Å². The van der Waals surface area contributed by atoms with Crippen molar-refractivity contribution >= 4 is 11.6 Å². The first-order valence-corrected chi connectivity index (χ1v) is 6.48. The van der Waals surface area contributed by atoms with Crippen LogP contribution in [-0.2, 0) is 4.74 Å². The fourth-order valence-corrected chi connectivity index (χ4v) is 2.11. The molecule has 1 aromatic rings. The van der Waals surface area contributed by atoms with Gasteiger partial charge in [0.25, 0.3) is 0 Å². The van der Waals surface area contributed by atoms with E-state index in [1.165, 1.54) is 12.1 Å². The summed E-state index contributed by atoms with van der Waals surface area (Å²) >= 11 is 5.70. The van der Waals surface area contributed by atoms with Gasteiger partial charge in [-0.25, -0.2) is 4.39 Å². The minimum Gasteiger partial charge on any atom is -0.488 e. The van der Waals surface area contributed by atoms with Crippen LogP contribution in [0.4, 0.5) is 4.39 Å². The second kappa shape index (κ2) is 5.87. The van der Waals surface area contributed by atoms with Crippen molar-refractivity contribution in [2.45, 2.75) is 38.0 Å². The number of hydrogen-bond acceptors (Lipinski definition) is 3. The maximum atomic E-state index is 13.0. The second-order valence-electron chi connectivity index (χ2n) is 4.47. The van der Waals surface area contributed by atoms with E-state index in [0.717, 1.165) is 12.8 Å². The van der Waals surface area contributed by atoms with Crippen LogP contribution in [0, 0.1) is 5.82 Å². The Morgan fingerprint density at radius 2 is 2.28 bits per heavy atom. The first kappa shape index (κ1) is 13.6. The molecule has 100 valence electrons. The zero-order chi connectivity index (χ0) is 13.1. The highest BCUT2D eigenvalue weighted by atomic mass is 35.5. The van der Waals surface area contributed by atoms with Gasteiger partial charge >= 0.3 is 0 Å². The van der Waals surface area contributed by atoms with E-state index in [-0.39, 0.29) is 23.3 Å². The number of hydrogen-bond donors (Lipinski definition) is 1. The van der Waals surface area contributed by atoms with Gasteiger partial charge < -0.3 is 15.2 Å². The summed E-state index contributed by atoms with van der Waals surface area (Å²) in [7, 11) is 0. The minimum atomic E-state index is -0.451. The standard InChI is InChI=1S/C13H17ClFNO2/c1-2-5-17-13-11(16)7-12(13)18-8-3-4-10(15)9(14)6-8/h3-4,6,11-13H,2,5,7,16H2,1H3. The lowest BCUT2D eigenvalue weighted by Gasteiger charge is -2.41. The van der Waals surface area contributed by atoms with Gasteiger partial charge in [0.15, 0.2) is 0 Å². The van der Waals surface area contributed by atoms with E-state index in [2.05, 4.69) is 0 Å². The van der Waals surface area contributed by atoms with Crippen LogP contribution in [-0.4, -0.2) is 24.9 Å². The molecule has 1 aromatic carbocycles. The summed E-state index contributed by atoms with van der Waals surface area (Å²) in [5.74, 6) is 0.0940. The molecular weight excluding hydrogens is 257 g/mol. The lowest BCUT2D eigenvalue weighted by molar-refractivity contribution is -0.0980. The molecule has 3 unspecified atom stereocenters. The van der Waals surface area contributed by atoms with Crippen molar-refractivity contribution in [3.05, 3.63) is 29.0 Å². The van der Waals surface area contributed by atoms with Gasteiger partial charge in [-0.05, 0) is 18.6 Å². The van der Waals surface area contributed by atoms with E-state index >= 15 is 0 Å². The van der Waals surface area contributed by atoms with E-state index < -0.39 is 5.82 Å². The first-order valence-electron chi connectivity index (χ1n) is 6.10. The third kappa shape index (κ3) is 2.94. The van der Waals surface area contributed by atoms with E-state index in [9.17, 15) is 4.39 Å². The van der Waals surface area contributed by atoms with Gasteiger partial charge in [-0.1, -0.05) is 18.5 Å². The molecule has 2 rings (SSSR count). The predicted molar refractivity (Wildman–Crippen MR) is 68.4 cm³/mol. The van der Waals surface area contributed by atoms with Crippen LogP contribution in [0.2, 0.25) is 5.02 Å². The Balaban J connectivity index is 1.94. The van der Waals surface area contributed by atoms with Crippen LogP contribution in [0.15, 0.2) is 18.2 Å². The molecule has 0 heterocycles. The average Bonchev–Trinajstić information content (AvgIpc) is 2.33. The van der Waals surface area contributed by atoms with Crippen molar-refractivity contribution in [3.8, 4) is 5.75 Å². The Hall–Kier alpha value is -0.840. The van der Waals surface area contributed by atoms with E-state index in [4.69, 9.17) is 26.8 Å². The summed E-state index contributed by atoms with van der Waals surface area (Å²) in [5, 5.41) is 0.0575. The van der Waals surface area contributed by atoms with Gasteiger partial charge in [0.2, 0.25) is 0 Å². The van der Waals surface area contributed by atoms with Crippen molar-refractivity contribution < 1.29 is 13.9 Å². The molecule has 2 N–H and O–H groups in total. The highest BCUT2D eigenvalue weighted by molar-refractivity contribution is 6.30. The molecule has 3 atom stereocenters. The van der Waals surface area contributed by atoms with Crippen LogP contribution in [0.25, 0.3) is 0 Å². The highest BCUT2D eigenvalue weighted by Crippen LogP contribution is 2.29. The lowest BCUT2D eigenvalue weighted by Crippen LogP contribution is -2.59. The molecule has 1 fully saturated rings. The molecule has 0 spiro atoms. The van der Waals surface area contributed by atoms with Gasteiger partial charge in [-0.15, -0.1) is 0 Å². The number of halogens is 2. The average molecular weight is 274 g/mol. The van der Waals surface area contributed by atoms with Crippen LogP contribution in [0.5, 0.6) is 5.75 Å². The van der Waals surface area contributed by atoms with Crippen LogP contribution in [0.1, 0.15) is 19.8 Å². The fourth-order valence-electron chi connectivity index (χ4n) is 1.94. The topological polar surface area (TPSA) is 44.5 Å². The normalized spacial score (nSPS) is 26.8. The molecular formula is C13H17ClFNO2. The zero-order valence-corrected chi connectivity index (χ0v) is 11.0. The van der Waals surface area contributed by atoms with Gasteiger partial charge in [0, 0.05) is 25.1 Å². The molecule has 5 heteroatoms. The van der Waals surface area contributed by atoms with Crippen LogP contribution >= 0.6 is 11.6 Å². The first-order chi connectivity index (χ1) is 8.61. The van der Waals surface area contributed by atoms with Gasteiger partial charge in [0.05, 0.1) is 5.02 Å². The number of benzene rings is 1. The molecule has 1 aliphatic rings. The Morgan fingerprint density at radius 3 is 2.89 bits per heavy atom. The molecule has 0 saturated heterocycles. The predicted octanol–water partition coefficient (Wildman–Crippen LogP) is 2.75. The maximum absolute atomic E-state index is 13.0. The zero-order valence-electron chi connectivity index (χ0n) is 10.2. The van der Waals surface area contributed by atoms with Crippen molar-refractivity contribution in [1.82, 2.24) is 0 Å². The summed E-state index contributed by atoms with van der Waals surface area (Å²) < 4.78 is 24.3. The second-order valence-corrected chi connectivity index (χ2v) is 4.87. The van der Waals surface area contributed by atoms with Crippen LogP contribution in [0.3, 0.4) is 0 Å². The summed E-state index contributed by atoms with van der Waals surface area (Å²) in [4.78, 5) is 0. The SMILES string of the molecule is CCCOC1C(N)CC1Oc1ccc(F)c(Cl)c1. The Labute approximate surface area is 111 Å². The summed E-state index contributed by atoms with van der Waals surface area (Å²) in [6.07, 6.45) is 1.52. The van der Waals surface area contributed by atoms with Gasteiger partial charge in [-0.2, -0.15) is 0 Å². The van der Waals surface area contributed by atoms with E-state index in [1.54, 1.807) is 6.07 Å². The highest BCUT2D eigenvalue weighted by Gasteiger charge is 2.41. The molecule has 0 radical (unpaired) electrons. The maximum Gasteiger partial charge on any atom is 0.142 e. The smallest absolute Gasteiger partial charge is 0.142 e. The van der Waals surface area contributed by atoms with E-state index in [1.807, 2.05) is 6.92 Å². The van der Waals surface area contributed by atoms with E-state index in [0.29, 0.717) is 12.4 Å². The quantitative estimate of drug-likeness (QED) is 0.897. The largest absolute Gasteiger partial charge is 0.488 e. The van der Waals surface area contributed by atoms with Gasteiger partial charge in [-0.3, -0.25) is 0 Å². The molecule has 0 amide bonds. The minimum absolute atomic E-state index is 0.0115. The third-order valence-corrected chi connectivity index (χ3v) is 3.28. The lowest BCUT2D eigenvalue weighted by atomic mass is 9.86. The summed E-state index contributed by atoms with van der Waals surface area (Å²) in [6.45, 7) is 2.71. The van der Waals surface area contributed by atoms with Crippen molar-refractivity contribution in [1.29, 1.82) is 0 Å². The molecule has 1 aliphatic carbocycles. The number of ether oxygens (including phenoxy) is 2. The molecule has 0 aliphatic heterocycles. The summed E-state index contributed by atoms with van der Waals surface area (Å²) in [5.41, 5.74) is 5.87. The molecule has 18 heavy (non-hydrogen) atoms. The molecule has 0 aromatic heterocycles. The Morgan fingerprint density at radius 1 is 1.50 bits per heavy atom. The fraction of sp³-hybridized carbons (Fsp3) is 0.538.